The second kappa shape index (κ2) is 9.49. The first-order chi connectivity index (χ1) is 14.7. The Morgan fingerprint density at radius 3 is 2.52 bits per heavy atom. The van der Waals surface area contributed by atoms with E-state index in [4.69, 9.17) is 4.74 Å². The minimum absolute atomic E-state index is 0.0535. The molecule has 1 amide bonds. The first kappa shape index (κ1) is 22.8. The number of aromatic nitrogens is 1. The fourth-order valence-electron chi connectivity index (χ4n) is 3.28. The van der Waals surface area contributed by atoms with Crippen LogP contribution in [0.15, 0.2) is 53.6 Å². The number of carbonyl (C=O) groups excluding carboxylic acids is 1. The van der Waals surface area contributed by atoms with Crippen LogP contribution in [0.1, 0.15) is 19.4 Å². The number of ether oxygens (including phenoxy) is 1. The standard InChI is InChI=1S/C22H26FN3O4S/c1-14(2)21(26-31(28,29)18-7-5-17(30-3)6-8-18)22(27)24-11-10-15-13-25-20-12-16(23)4-9-19(15)20/h4-9,12-14,21,25-26H,10-11H2,1-3H3,(H,24,27)/t21-/m0/s1. The minimum Gasteiger partial charge on any atom is -0.497 e. The number of methoxy groups -OCH3 is 1. The molecule has 9 heteroatoms. The quantitative estimate of drug-likeness (QED) is 0.469. The molecule has 0 saturated heterocycles. The van der Waals surface area contributed by atoms with E-state index in [1.807, 2.05) is 0 Å². The van der Waals surface area contributed by atoms with Gasteiger partial charge in [0.05, 0.1) is 12.0 Å². The second-order valence-electron chi connectivity index (χ2n) is 7.56. The van der Waals surface area contributed by atoms with Gasteiger partial charge in [0.15, 0.2) is 0 Å². The Morgan fingerprint density at radius 2 is 1.87 bits per heavy atom. The molecule has 0 fully saturated rings. The van der Waals surface area contributed by atoms with Crippen molar-refractivity contribution in [2.75, 3.05) is 13.7 Å². The molecule has 0 bridgehead atoms. The summed E-state index contributed by atoms with van der Waals surface area (Å²) in [5.74, 6) is -0.447. The Morgan fingerprint density at radius 1 is 1.16 bits per heavy atom. The summed E-state index contributed by atoms with van der Waals surface area (Å²) >= 11 is 0. The highest BCUT2D eigenvalue weighted by Crippen LogP contribution is 2.20. The van der Waals surface area contributed by atoms with Crippen LogP contribution in [0.3, 0.4) is 0 Å². The van der Waals surface area contributed by atoms with E-state index in [0.717, 1.165) is 10.9 Å². The molecule has 3 aromatic rings. The molecule has 3 rings (SSSR count). The molecule has 0 saturated carbocycles. The van der Waals surface area contributed by atoms with Gasteiger partial charge in [-0.05, 0) is 60.4 Å². The van der Waals surface area contributed by atoms with Gasteiger partial charge in [0, 0.05) is 23.6 Å². The molecule has 31 heavy (non-hydrogen) atoms. The van der Waals surface area contributed by atoms with Gasteiger partial charge in [0.25, 0.3) is 0 Å². The molecule has 2 aromatic carbocycles. The van der Waals surface area contributed by atoms with E-state index in [1.54, 1.807) is 38.2 Å². The Labute approximate surface area is 181 Å². The summed E-state index contributed by atoms with van der Waals surface area (Å²) in [6.07, 6.45) is 2.30. The highest BCUT2D eigenvalue weighted by Gasteiger charge is 2.28. The molecule has 0 unspecified atom stereocenters. The Kier molecular flexibility index (Phi) is 6.97. The van der Waals surface area contributed by atoms with Gasteiger partial charge in [-0.15, -0.1) is 0 Å². The first-order valence-electron chi connectivity index (χ1n) is 9.91. The molecule has 7 nitrogen and oxygen atoms in total. The van der Waals surface area contributed by atoms with Crippen LogP contribution in [0.2, 0.25) is 0 Å². The summed E-state index contributed by atoms with van der Waals surface area (Å²) < 4.78 is 46.3. The van der Waals surface area contributed by atoms with Crippen LogP contribution >= 0.6 is 0 Å². The zero-order chi connectivity index (χ0) is 22.6. The van der Waals surface area contributed by atoms with Crippen LogP contribution in [0.5, 0.6) is 5.75 Å². The number of nitrogens with one attached hydrogen (secondary N) is 3. The first-order valence-corrected chi connectivity index (χ1v) is 11.4. The highest BCUT2D eigenvalue weighted by molar-refractivity contribution is 7.89. The molecule has 166 valence electrons. The topological polar surface area (TPSA) is 100 Å². The number of amides is 1. The number of hydrogen-bond donors (Lipinski definition) is 3. The molecule has 1 atom stereocenters. The maximum absolute atomic E-state index is 13.3. The Balaban J connectivity index is 1.64. The number of sulfonamides is 1. The number of hydrogen-bond acceptors (Lipinski definition) is 4. The average molecular weight is 448 g/mol. The van der Waals surface area contributed by atoms with Crippen molar-refractivity contribution in [2.24, 2.45) is 5.92 Å². The molecule has 0 radical (unpaired) electrons. The van der Waals surface area contributed by atoms with Crippen LogP contribution in [-0.2, 0) is 21.2 Å². The maximum atomic E-state index is 13.3. The number of carbonyl (C=O) groups is 1. The zero-order valence-corrected chi connectivity index (χ0v) is 18.4. The number of H-pyrrole nitrogens is 1. The summed E-state index contributed by atoms with van der Waals surface area (Å²) in [6.45, 7) is 3.86. The van der Waals surface area contributed by atoms with E-state index in [-0.39, 0.29) is 16.6 Å². The van der Waals surface area contributed by atoms with E-state index in [2.05, 4.69) is 15.0 Å². The van der Waals surface area contributed by atoms with Crippen molar-refractivity contribution in [3.8, 4) is 5.75 Å². The average Bonchev–Trinajstić information content (AvgIpc) is 3.13. The van der Waals surface area contributed by atoms with Gasteiger partial charge in [-0.2, -0.15) is 4.72 Å². The second-order valence-corrected chi connectivity index (χ2v) is 9.28. The van der Waals surface area contributed by atoms with E-state index >= 15 is 0 Å². The van der Waals surface area contributed by atoms with Crippen LogP contribution in [0, 0.1) is 11.7 Å². The summed E-state index contributed by atoms with van der Waals surface area (Å²) in [4.78, 5) is 15.8. The summed E-state index contributed by atoms with van der Waals surface area (Å²) in [5.41, 5.74) is 1.63. The van der Waals surface area contributed by atoms with Crippen molar-refractivity contribution in [3.05, 3.63) is 60.0 Å². The number of rotatable bonds is 9. The third kappa shape index (κ3) is 5.42. The van der Waals surface area contributed by atoms with Crippen molar-refractivity contribution in [2.45, 2.75) is 31.2 Å². The van der Waals surface area contributed by atoms with E-state index in [9.17, 15) is 17.6 Å². The van der Waals surface area contributed by atoms with Crippen molar-refractivity contribution in [1.82, 2.24) is 15.0 Å². The lowest BCUT2D eigenvalue weighted by molar-refractivity contribution is -0.123. The van der Waals surface area contributed by atoms with Gasteiger partial charge in [-0.1, -0.05) is 13.8 Å². The monoisotopic (exact) mass is 447 g/mol. The predicted molar refractivity (Wildman–Crippen MR) is 117 cm³/mol. The van der Waals surface area contributed by atoms with Crippen molar-refractivity contribution < 1.29 is 22.3 Å². The Bertz CT molecular complexity index is 1160. The summed E-state index contributed by atoms with van der Waals surface area (Å²) in [5, 5.41) is 3.68. The molecule has 0 spiro atoms. The fourth-order valence-corrected chi connectivity index (χ4v) is 4.62. The number of halogens is 1. The van der Waals surface area contributed by atoms with Gasteiger partial charge in [0.1, 0.15) is 17.6 Å². The van der Waals surface area contributed by atoms with Gasteiger partial charge in [0.2, 0.25) is 15.9 Å². The molecule has 3 N–H and O–H groups in total. The van der Waals surface area contributed by atoms with Crippen LogP contribution in [0.25, 0.3) is 10.9 Å². The third-order valence-corrected chi connectivity index (χ3v) is 6.48. The SMILES string of the molecule is COc1ccc(S(=O)(=O)N[C@H](C(=O)NCCc2c[nH]c3cc(F)ccc23)C(C)C)cc1. The lowest BCUT2D eigenvalue weighted by atomic mass is 10.0. The molecule has 0 aliphatic rings. The van der Waals surface area contributed by atoms with Gasteiger partial charge >= 0.3 is 0 Å². The van der Waals surface area contributed by atoms with E-state index in [1.165, 1.54) is 31.4 Å². The van der Waals surface area contributed by atoms with E-state index in [0.29, 0.717) is 24.2 Å². The predicted octanol–water partition coefficient (Wildman–Crippen LogP) is 2.98. The van der Waals surface area contributed by atoms with E-state index < -0.39 is 22.0 Å². The molecule has 1 heterocycles. The highest BCUT2D eigenvalue weighted by atomic mass is 32.2. The third-order valence-electron chi connectivity index (χ3n) is 5.02. The summed E-state index contributed by atoms with van der Waals surface area (Å²) in [6, 6.07) is 9.52. The lowest BCUT2D eigenvalue weighted by Crippen LogP contribution is -2.49. The number of fused-ring (bicyclic) bond motifs is 1. The van der Waals surface area contributed by atoms with Gasteiger partial charge in [-0.3, -0.25) is 4.79 Å². The summed E-state index contributed by atoms with van der Waals surface area (Å²) in [7, 11) is -2.39. The maximum Gasteiger partial charge on any atom is 0.241 e. The fraction of sp³-hybridized carbons (Fsp3) is 0.318. The lowest BCUT2D eigenvalue weighted by Gasteiger charge is -2.21. The molecule has 1 aromatic heterocycles. The Hall–Kier alpha value is -2.91. The minimum atomic E-state index is -3.88. The normalized spacial score (nSPS) is 12.8. The van der Waals surface area contributed by atoms with Crippen LogP contribution < -0.4 is 14.8 Å². The van der Waals surface area contributed by atoms with Crippen molar-refractivity contribution in [3.63, 3.8) is 0 Å². The number of benzene rings is 2. The van der Waals surface area contributed by atoms with Crippen molar-refractivity contribution in [1.29, 1.82) is 0 Å². The molecule has 0 aliphatic heterocycles. The van der Waals surface area contributed by atoms with Crippen LogP contribution in [-0.4, -0.2) is 39.0 Å². The van der Waals surface area contributed by atoms with Gasteiger partial charge in [-0.25, -0.2) is 12.8 Å². The molecular formula is C22H26FN3O4S. The van der Waals surface area contributed by atoms with Crippen LogP contribution in [0.4, 0.5) is 4.39 Å². The largest absolute Gasteiger partial charge is 0.497 e. The smallest absolute Gasteiger partial charge is 0.241 e. The molecular weight excluding hydrogens is 421 g/mol. The number of aromatic amines is 1. The van der Waals surface area contributed by atoms with Crippen molar-refractivity contribution >= 4 is 26.8 Å². The molecule has 0 aliphatic carbocycles. The van der Waals surface area contributed by atoms with Gasteiger partial charge < -0.3 is 15.0 Å². The zero-order valence-electron chi connectivity index (χ0n) is 17.6.